The first-order valence-electron chi connectivity index (χ1n) is 7.42. The average molecular weight is 284 g/mol. The van der Waals surface area contributed by atoms with E-state index in [9.17, 15) is 9.59 Å². The van der Waals surface area contributed by atoms with Crippen molar-refractivity contribution in [2.45, 2.75) is 32.2 Å². The van der Waals surface area contributed by atoms with Crippen LogP contribution in [0.2, 0.25) is 0 Å². The molecule has 0 radical (unpaired) electrons. The summed E-state index contributed by atoms with van der Waals surface area (Å²) in [5.74, 6) is 0.149. The molecule has 20 heavy (non-hydrogen) atoms. The monoisotopic (exact) mass is 284 g/mol. The number of piperazine rings is 1. The molecular formula is C14H28N4O2. The first kappa shape index (κ1) is 16.9. The van der Waals surface area contributed by atoms with Crippen molar-refractivity contribution in [1.82, 2.24) is 14.7 Å². The maximum Gasteiger partial charge on any atom is 0.239 e. The van der Waals surface area contributed by atoms with Crippen LogP contribution in [0.1, 0.15) is 26.2 Å². The smallest absolute Gasteiger partial charge is 0.239 e. The number of nitrogens with zero attached hydrogens (tertiary/aromatic N) is 3. The number of nitrogens with two attached hydrogens (primary N) is 1. The van der Waals surface area contributed by atoms with Gasteiger partial charge in [-0.3, -0.25) is 9.59 Å². The lowest BCUT2D eigenvalue weighted by Crippen LogP contribution is -2.55. The molecule has 0 aromatic heterocycles. The Morgan fingerprint density at radius 3 is 2.20 bits per heavy atom. The summed E-state index contributed by atoms with van der Waals surface area (Å²) in [6, 6.07) is -0.390. The summed E-state index contributed by atoms with van der Waals surface area (Å²) in [4.78, 5) is 29.5. The minimum absolute atomic E-state index is 0.0261. The molecule has 6 heteroatoms. The van der Waals surface area contributed by atoms with Crippen LogP contribution in [0.15, 0.2) is 0 Å². The molecule has 0 spiro atoms. The van der Waals surface area contributed by atoms with Gasteiger partial charge in [-0.15, -0.1) is 0 Å². The Morgan fingerprint density at radius 1 is 1.15 bits per heavy atom. The molecule has 1 saturated heterocycles. The van der Waals surface area contributed by atoms with E-state index in [-0.39, 0.29) is 17.9 Å². The molecule has 1 aliphatic rings. The van der Waals surface area contributed by atoms with Gasteiger partial charge in [-0.25, -0.2) is 0 Å². The number of amides is 2. The van der Waals surface area contributed by atoms with Crippen LogP contribution in [0.3, 0.4) is 0 Å². The molecule has 6 nitrogen and oxygen atoms in total. The van der Waals surface area contributed by atoms with Gasteiger partial charge in [0.2, 0.25) is 11.8 Å². The van der Waals surface area contributed by atoms with E-state index in [1.54, 1.807) is 4.90 Å². The second-order valence-corrected chi connectivity index (χ2v) is 5.69. The summed E-state index contributed by atoms with van der Waals surface area (Å²) < 4.78 is 0. The third-order valence-electron chi connectivity index (χ3n) is 3.58. The number of rotatable bonds is 6. The van der Waals surface area contributed by atoms with Crippen molar-refractivity contribution in [3.63, 3.8) is 0 Å². The SMILES string of the molecule is CCCC[C@H](N)C(=O)N1CCN(C(=O)CN(C)C)CC1. The lowest BCUT2D eigenvalue weighted by Gasteiger charge is -2.36. The van der Waals surface area contributed by atoms with Crippen molar-refractivity contribution in [3.8, 4) is 0 Å². The van der Waals surface area contributed by atoms with Crippen LogP contribution in [-0.2, 0) is 9.59 Å². The normalized spacial score (nSPS) is 17.4. The van der Waals surface area contributed by atoms with Crippen LogP contribution < -0.4 is 5.73 Å². The zero-order valence-corrected chi connectivity index (χ0v) is 13.0. The Labute approximate surface area is 121 Å². The second-order valence-electron chi connectivity index (χ2n) is 5.69. The molecule has 0 aromatic carbocycles. The molecule has 1 rings (SSSR count). The first-order chi connectivity index (χ1) is 9.45. The lowest BCUT2D eigenvalue weighted by molar-refractivity contribution is -0.140. The number of carbonyl (C=O) groups is 2. The van der Waals surface area contributed by atoms with Gasteiger partial charge in [0.25, 0.3) is 0 Å². The van der Waals surface area contributed by atoms with Gasteiger partial charge < -0.3 is 20.4 Å². The van der Waals surface area contributed by atoms with Gasteiger partial charge in [-0.1, -0.05) is 19.8 Å². The van der Waals surface area contributed by atoms with E-state index in [1.165, 1.54) is 0 Å². The van der Waals surface area contributed by atoms with Gasteiger partial charge in [0, 0.05) is 26.2 Å². The number of likely N-dealkylation sites (N-methyl/N-ethyl adjacent to an activating group) is 1. The highest BCUT2D eigenvalue weighted by Crippen LogP contribution is 2.07. The number of hydrogen-bond donors (Lipinski definition) is 1. The van der Waals surface area contributed by atoms with Crippen LogP contribution in [0.4, 0.5) is 0 Å². The molecule has 116 valence electrons. The summed E-state index contributed by atoms with van der Waals surface area (Å²) >= 11 is 0. The predicted molar refractivity (Wildman–Crippen MR) is 79.2 cm³/mol. The third-order valence-corrected chi connectivity index (χ3v) is 3.58. The van der Waals surface area contributed by atoms with Crippen LogP contribution in [0, 0.1) is 0 Å². The second kappa shape index (κ2) is 8.21. The van der Waals surface area contributed by atoms with Crippen molar-refractivity contribution in [2.75, 3.05) is 46.8 Å². The molecule has 0 saturated carbocycles. The fourth-order valence-electron chi connectivity index (χ4n) is 2.33. The molecule has 0 unspecified atom stereocenters. The Morgan fingerprint density at radius 2 is 1.70 bits per heavy atom. The van der Waals surface area contributed by atoms with E-state index in [0.29, 0.717) is 32.7 Å². The zero-order valence-electron chi connectivity index (χ0n) is 13.0. The minimum Gasteiger partial charge on any atom is -0.338 e. The Balaban J connectivity index is 2.38. The van der Waals surface area contributed by atoms with Gasteiger partial charge in [0.05, 0.1) is 12.6 Å². The zero-order chi connectivity index (χ0) is 15.1. The van der Waals surface area contributed by atoms with Crippen LogP contribution in [-0.4, -0.2) is 79.4 Å². The molecule has 1 fully saturated rings. The fourth-order valence-corrected chi connectivity index (χ4v) is 2.33. The van der Waals surface area contributed by atoms with E-state index >= 15 is 0 Å². The Bertz CT molecular complexity index is 325. The van der Waals surface area contributed by atoms with Crippen LogP contribution in [0.5, 0.6) is 0 Å². The molecule has 1 heterocycles. The first-order valence-corrected chi connectivity index (χ1v) is 7.42. The van der Waals surface area contributed by atoms with Crippen LogP contribution >= 0.6 is 0 Å². The van der Waals surface area contributed by atoms with Crippen molar-refractivity contribution in [2.24, 2.45) is 5.73 Å². The van der Waals surface area contributed by atoms with Gasteiger partial charge in [-0.05, 0) is 20.5 Å². The number of carbonyl (C=O) groups excluding carboxylic acids is 2. The highest BCUT2D eigenvalue weighted by Gasteiger charge is 2.26. The van der Waals surface area contributed by atoms with Gasteiger partial charge >= 0.3 is 0 Å². The molecule has 0 aliphatic carbocycles. The maximum absolute atomic E-state index is 12.1. The van der Waals surface area contributed by atoms with E-state index in [4.69, 9.17) is 5.73 Å². The third kappa shape index (κ3) is 5.09. The molecular weight excluding hydrogens is 256 g/mol. The number of unbranched alkanes of at least 4 members (excludes halogenated alkanes) is 1. The van der Waals surface area contributed by atoms with Crippen molar-refractivity contribution < 1.29 is 9.59 Å². The quantitative estimate of drug-likeness (QED) is 0.729. The van der Waals surface area contributed by atoms with Crippen molar-refractivity contribution >= 4 is 11.8 Å². The molecule has 0 aromatic rings. The van der Waals surface area contributed by atoms with Gasteiger partial charge in [0.15, 0.2) is 0 Å². The fraction of sp³-hybridized carbons (Fsp3) is 0.857. The summed E-state index contributed by atoms with van der Waals surface area (Å²) in [5, 5.41) is 0. The van der Waals surface area contributed by atoms with E-state index in [0.717, 1.165) is 19.3 Å². The van der Waals surface area contributed by atoms with Crippen molar-refractivity contribution in [3.05, 3.63) is 0 Å². The summed E-state index contributed by atoms with van der Waals surface area (Å²) in [7, 11) is 3.76. The molecule has 2 amide bonds. The average Bonchev–Trinajstić information content (AvgIpc) is 2.43. The lowest BCUT2D eigenvalue weighted by atomic mass is 10.1. The van der Waals surface area contributed by atoms with E-state index < -0.39 is 0 Å². The largest absolute Gasteiger partial charge is 0.338 e. The van der Waals surface area contributed by atoms with Crippen LogP contribution in [0.25, 0.3) is 0 Å². The van der Waals surface area contributed by atoms with E-state index in [2.05, 4.69) is 6.92 Å². The number of hydrogen-bond acceptors (Lipinski definition) is 4. The summed E-state index contributed by atoms with van der Waals surface area (Å²) in [6.45, 7) is 4.92. The molecule has 0 bridgehead atoms. The molecule has 1 aliphatic heterocycles. The summed E-state index contributed by atoms with van der Waals surface area (Å²) in [6.07, 6.45) is 2.77. The van der Waals surface area contributed by atoms with E-state index in [1.807, 2.05) is 23.9 Å². The highest BCUT2D eigenvalue weighted by molar-refractivity contribution is 5.82. The Hall–Kier alpha value is -1.14. The standard InChI is InChI=1S/C14H28N4O2/c1-4-5-6-12(15)14(20)18-9-7-17(8-10-18)13(19)11-16(2)3/h12H,4-11,15H2,1-3H3/t12-/m0/s1. The Kier molecular flexibility index (Phi) is 6.95. The van der Waals surface area contributed by atoms with Crippen molar-refractivity contribution in [1.29, 1.82) is 0 Å². The maximum atomic E-state index is 12.1. The minimum atomic E-state index is -0.390. The van der Waals surface area contributed by atoms with Gasteiger partial charge in [0.1, 0.15) is 0 Å². The molecule has 1 atom stereocenters. The topological polar surface area (TPSA) is 69.9 Å². The predicted octanol–water partition coefficient (Wildman–Crippen LogP) is -0.264. The highest BCUT2D eigenvalue weighted by atomic mass is 16.2. The summed E-state index contributed by atoms with van der Waals surface area (Å²) in [5.41, 5.74) is 5.92. The molecule has 2 N–H and O–H groups in total. The van der Waals surface area contributed by atoms with Gasteiger partial charge in [-0.2, -0.15) is 0 Å².